The smallest absolute Gasteiger partial charge is 1.00 e. The van der Waals surface area contributed by atoms with Gasteiger partial charge in [-0.25, -0.2) is 0 Å². The molecule has 0 nitrogen and oxygen atoms in total. The molecule has 0 heterocycles. The Labute approximate surface area is 273 Å². The van der Waals surface area contributed by atoms with E-state index in [1.165, 1.54) is 11.1 Å². The largest absolute Gasteiger partial charge is 1.00 e. The van der Waals surface area contributed by atoms with Gasteiger partial charge in [0, 0.05) is 0 Å². The summed E-state index contributed by atoms with van der Waals surface area (Å²) in [5, 5.41) is 0. The first-order valence-corrected chi connectivity index (χ1v) is 24.0. The molecule has 4 unspecified atom stereocenters. The molecule has 0 amide bonds. The molecule has 214 valence electrons. The maximum absolute atomic E-state index is 2.65. The molecule has 4 aliphatic carbocycles. The molecule has 0 aromatic heterocycles. The molecule has 6 rings (SSSR count). The van der Waals surface area contributed by atoms with Crippen molar-refractivity contribution >= 4 is 5.43 Å². The van der Waals surface area contributed by atoms with Crippen molar-refractivity contribution in [2.75, 3.05) is 0 Å². The van der Waals surface area contributed by atoms with Gasteiger partial charge < -0.3 is 24.8 Å². The molecule has 4 heteroatoms. The van der Waals surface area contributed by atoms with Crippen LogP contribution in [0.4, 0.5) is 0 Å². The second-order valence-corrected chi connectivity index (χ2v) is 29.4. The molecular formula is C38H40Cl2SiZr. The molecule has 4 aliphatic rings. The topological polar surface area (TPSA) is 0 Å². The molecule has 0 bridgehead atoms. The van der Waals surface area contributed by atoms with Crippen molar-refractivity contribution in [3.05, 3.63) is 166 Å². The molecule has 2 aromatic carbocycles. The summed E-state index contributed by atoms with van der Waals surface area (Å²) in [7, 11) is 0. The van der Waals surface area contributed by atoms with Crippen LogP contribution in [0.1, 0.15) is 49.7 Å². The van der Waals surface area contributed by atoms with Crippen LogP contribution in [0.2, 0.25) is 20.3 Å². The zero-order chi connectivity index (χ0) is 27.6. The minimum absolute atomic E-state index is 0. The Balaban J connectivity index is 0.00000202. The van der Waals surface area contributed by atoms with Crippen LogP contribution in [0.15, 0.2) is 155 Å². The van der Waals surface area contributed by atoms with Crippen LogP contribution < -0.4 is 24.8 Å². The fourth-order valence-corrected chi connectivity index (χ4v) is 28.1. The molecule has 0 spiro atoms. The van der Waals surface area contributed by atoms with Gasteiger partial charge in [-0.2, -0.15) is 0 Å². The normalized spacial score (nSPS) is 23.5. The summed E-state index contributed by atoms with van der Waals surface area (Å²) in [6.45, 7) is 10.1. The van der Waals surface area contributed by atoms with E-state index in [0.717, 1.165) is 12.8 Å². The Kier molecular flexibility index (Phi) is 11.5. The summed E-state index contributed by atoms with van der Waals surface area (Å²) < 4.78 is 1.33. The van der Waals surface area contributed by atoms with Crippen molar-refractivity contribution in [2.24, 2.45) is 0 Å². The average Bonchev–Trinajstić information content (AvgIpc) is 3.33. The summed E-state index contributed by atoms with van der Waals surface area (Å²) in [4.78, 5) is 0. The van der Waals surface area contributed by atoms with Gasteiger partial charge in [-0.05, 0) is 0 Å². The zero-order valence-electron chi connectivity index (χ0n) is 25.0. The Morgan fingerprint density at radius 3 is 1.33 bits per heavy atom. The predicted octanol–water partition coefficient (Wildman–Crippen LogP) is 4.55. The van der Waals surface area contributed by atoms with Crippen LogP contribution in [-0.4, -0.2) is 5.43 Å². The van der Waals surface area contributed by atoms with Crippen molar-refractivity contribution < 1.29 is 45.2 Å². The summed E-state index contributed by atoms with van der Waals surface area (Å²) in [5.41, 5.74) is 12.2. The molecule has 2 aromatic rings. The maximum Gasteiger partial charge on any atom is -1.00 e. The molecule has 0 N–H and O–H groups in total. The number of rotatable bonds is 6. The van der Waals surface area contributed by atoms with Crippen LogP contribution in [0, 0.1) is 0 Å². The third-order valence-electron chi connectivity index (χ3n) is 9.10. The Hall–Kier alpha value is -1.96. The van der Waals surface area contributed by atoms with Gasteiger partial charge in [0.2, 0.25) is 0 Å². The van der Waals surface area contributed by atoms with Crippen molar-refractivity contribution in [1.29, 1.82) is 0 Å². The van der Waals surface area contributed by atoms with E-state index in [-0.39, 0.29) is 24.8 Å². The average molecular weight is 687 g/mol. The molecule has 0 saturated carbocycles. The fraction of sp³-hybridized carbons (Fsp3) is 0.263. The summed E-state index contributed by atoms with van der Waals surface area (Å²) >= 11 is -2.15. The third-order valence-corrected chi connectivity index (χ3v) is 28.6. The molecule has 0 radical (unpaired) electrons. The minimum atomic E-state index is -2.15. The van der Waals surface area contributed by atoms with Crippen molar-refractivity contribution in [1.82, 2.24) is 0 Å². The quantitative estimate of drug-likeness (QED) is 0.392. The summed E-state index contributed by atoms with van der Waals surface area (Å²) in [5.74, 6) is 0.687. The van der Waals surface area contributed by atoms with Crippen molar-refractivity contribution in [2.45, 2.75) is 58.9 Å². The van der Waals surface area contributed by atoms with Gasteiger partial charge in [0.1, 0.15) is 0 Å². The first kappa shape index (κ1) is 32.9. The molecule has 0 aliphatic heterocycles. The van der Waals surface area contributed by atoms with Crippen LogP contribution in [0.25, 0.3) is 0 Å². The Bertz CT molecular complexity index is 1460. The summed E-state index contributed by atoms with van der Waals surface area (Å²) in [6.07, 6.45) is 26.7. The number of halogens is 2. The van der Waals surface area contributed by atoms with E-state index in [1.54, 1.807) is 33.4 Å². The summed E-state index contributed by atoms with van der Waals surface area (Å²) in [6, 6.07) is 22.3. The van der Waals surface area contributed by atoms with Crippen molar-refractivity contribution in [3.63, 3.8) is 0 Å². The van der Waals surface area contributed by atoms with Gasteiger partial charge in [-0.1, -0.05) is 0 Å². The van der Waals surface area contributed by atoms with E-state index in [9.17, 15) is 0 Å². The Morgan fingerprint density at radius 1 is 0.571 bits per heavy atom. The van der Waals surface area contributed by atoms with Crippen LogP contribution >= 0.6 is 0 Å². The second kappa shape index (κ2) is 14.7. The first-order chi connectivity index (χ1) is 19.6. The standard InChI is InChI=1S/2C18H17.C2H6Si.2ClH.Zr/c2*1-2-14-12-16-10-6-7-11-17(18(16)13-14)15-8-4-3-5-9-15;1-3-2;;;/h2*3-13,17H,2H2,1H3;1-2H3;2*1H;/q;;;;;+2/p-2. The minimum Gasteiger partial charge on any atom is -1.00 e. The number of benzene rings is 2. The van der Waals surface area contributed by atoms with E-state index in [2.05, 4.69) is 148 Å². The molecule has 42 heavy (non-hydrogen) atoms. The van der Waals surface area contributed by atoms with Gasteiger partial charge in [-0.15, -0.1) is 0 Å². The maximum atomic E-state index is 2.65. The number of allylic oxidation sites excluding steroid dienone is 16. The van der Waals surface area contributed by atoms with E-state index < -0.39 is 25.8 Å². The van der Waals surface area contributed by atoms with Crippen LogP contribution in [-0.2, 0) is 20.4 Å². The van der Waals surface area contributed by atoms with E-state index in [0.29, 0.717) is 19.1 Å². The molecule has 4 atom stereocenters. The fourth-order valence-electron chi connectivity index (χ4n) is 7.26. The molecule has 0 saturated heterocycles. The van der Waals surface area contributed by atoms with Gasteiger partial charge in [0.15, 0.2) is 0 Å². The van der Waals surface area contributed by atoms with Crippen molar-refractivity contribution in [3.8, 4) is 0 Å². The van der Waals surface area contributed by atoms with E-state index in [1.807, 2.05) is 0 Å². The van der Waals surface area contributed by atoms with Gasteiger partial charge in [0.05, 0.1) is 0 Å². The number of hydrogen-bond donors (Lipinski definition) is 0. The SMILES string of the molecule is CCC1=CC2=C(C=CC=CC2c2ccccc2)[CH]1[Zr+2]([CH]1C(CC)=CC2=C1C=CC=CC2c1ccccc1)=[Si](C)C.[Cl-].[Cl-]. The molecular weight excluding hydrogens is 647 g/mol. The second-order valence-electron chi connectivity index (χ2n) is 11.6. The third kappa shape index (κ3) is 6.16. The monoisotopic (exact) mass is 684 g/mol. The van der Waals surface area contributed by atoms with Gasteiger partial charge in [0.25, 0.3) is 0 Å². The number of hydrogen-bond acceptors (Lipinski definition) is 0. The van der Waals surface area contributed by atoms with Crippen LogP contribution in [0.3, 0.4) is 0 Å². The van der Waals surface area contributed by atoms with Gasteiger partial charge in [-0.3, -0.25) is 0 Å². The predicted molar refractivity (Wildman–Crippen MR) is 171 cm³/mol. The Morgan fingerprint density at radius 2 is 0.976 bits per heavy atom. The first-order valence-electron chi connectivity index (χ1n) is 15.0. The zero-order valence-corrected chi connectivity index (χ0v) is 30.0. The molecule has 0 fully saturated rings. The van der Waals surface area contributed by atoms with E-state index >= 15 is 0 Å². The van der Waals surface area contributed by atoms with Crippen LogP contribution in [0.5, 0.6) is 0 Å². The van der Waals surface area contributed by atoms with E-state index in [4.69, 9.17) is 0 Å². The van der Waals surface area contributed by atoms with Gasteiger partial charge >= 0.3 is 251 Å².